The third-order valence-corrected chi connectivity index (χ3v) is 2.83. The van der Waals surface area contributed by atoms with Gasteiger partial charge in [0.15, 0.2) is 0 Å². The van der Waals surface area contributed by atoms with Gasteiger partial charge in [0, 0.05) is 11.3 Å². The Hall–Kier alpha value is -2.64. The minimum absolute atomic E-state index is 0.0315. The standard InChI is InChI=1S/C16H21FN2O5/c1-9-11(17)6-10(14(21)23-5)7-12(9)19-13(20)8-18-15(22)24-16(2,3)4/h6-7H,8H2,1-5H3,(H,18,22)(H,19,20). The molecule has 1 aromatic carbocycles. The molecule has 0 fully saturated rings. The van der Waals surface area contributed by atoms with Gasteiger partial charge in [0.1, 0.15) is 18.0 Å². The highest BCUT2D eigenvalue weighted by Crippen LogP contribution is 2.21. The van der Waals surface area contributed by atoms with Crippen LogP contribution in [0.2, 0.25) is 0 Å². The fourth-order valence-electron chi connectivity index (χ4n) is 1.71. The SMILES string of the molecule is COC(=O)c1cc(F)c(C)c(NC(=O)CNC(=O)OC(C)(C)C)c1. The molecule has 0 spiro atoms. The fourth-order valence-corrected chi connectivity index (χ4v) is 1.71. The van der Waals surface area contributed by atoms with Crippen LogP contribution in [0.5, 0.6) is 0 Å². The van der Waals surface area contributed by atoms with Crippen molar-refractivity contribution in [2.45, 2.75) is 33.3 Å². The lowest BCUT2D eigenvalue weighted by molar-refractivity contribution is -0.115. The number of nitrogens with one attached hydrogen (secondary N) is 2. The number of anilines is 1. The van der Waals surface area contributed by atoms with E-state index in [-0.39, 0.29) is 23.4 Å². The molecule has 0 saturated carbocycles. The first kappa shape index (κ1) is 19.4. The molecule has 0 saturated heterocycles. The van der Waals surface area contributed by atoms with E-state index in [1.54, 1.807) is 20.8 Å². The van der Waals surface area contributed by atoms with Crippen molar-refractivity contribution in [2.75, 3.05) is 19.0 Å². The summed E-state index contributed by atoms with van der Waals surface area (Å²) in [7, 11) is 1.17. The first-order chi connectivity index (χ1) is 11.0. The van der Waals surface area contributed by atoms with Gasteiger partial charge in [-0.25, -0.2) is 14.0 Å². The highest BCUT2D eigenvalue weighted by atomic mass is 19.1. The van der Waals surface area contributed by atoms with Crippen LogP contribution in [-0.2, 0) is 14.3 Å². The Morgan fingerprint density at radius 1 is 1.21 bits per heavy atom. The van der Waals surface area contributed by atoms with Crippen molar-refractivity contribution in [3.63, 3.8) is 0 Å². The molecule has 0 bridgehead atoms. The Balaban J connectivity index is 2.75. The van der Waals surface area contributed by atoms with Gasteiger partial charge in [0.25, 0.3) is 0 Å². The lowest BCUT2D eigenvalue weighted by atomic mass is 10.1. The highest BCUT2D eigenvalue weighted by Gasteiger charge is 2.18. The third-order valence-electron chi connectivity index (χ3n) is 2.83. The zero-order chi connectivity index (χ0) is 18.5. The normalized spacial score (nSPS) is 10.8. The Morgan fingerprint density at radius 3 is 2.38 bits per heavy atom. The number of carbonyl (C=O) groups excluding carboxylic acids is 3. The molecule has 0 aliphatic heterocycles. The summed E-state index contributed by atoms with van der Waals surface area (Å²) >= 11 is 0. The number of rotatable bonds is 4. The van der Waals surface area contributed by atoms with Crippen LogP contribution in [0.1, 0.15) is 36.7 Å². The molecule has 132 valence electrons. The summed E-state index contributed by atoms with van der Waals surface area (Å²) in [4.78, 5) is 34.8. The number of alkyl carbamates (subject to hydrolysis) is 1. The first-order valence-electron chi connectivity index (χ1n) is 7.18. The van der Waals surface area contributed by atoms with Crippen LogP contribution in [0.15, 0.2) is 12.1 Å². The zero-order valence-electron chi connectivity index (χ0n) is 14.3. The maximum atomic E-state index is 13.8. The summed E-state index contributed by atoms with van der Waals surface area (Å²) in [6.45, 7) is 6.16. The van der Waals surface area contributed by atoms with Crippen LogP contribution in [-0.4, -0.2) is 37.2 Å². The molecule has 0 aromatic heterocycles. The number of carbonyl (C=O) groups is 3. The van der Waals surface area contributed by atoms with Gasteiger partial charge in [-0.1, -0.05) is 0 Å². The molecule has 1 aromatic rings. The number of ether oxygens (including phenoxy) is 2. The van der Waals surface area contributed by atoms with Crippen LogP contribution < -0.4 is 10.6 Å². The summed E-state index contributed by atoms with van der Waals surface area (Å²) in [6, 6.07) is 2.32. The second-order valence-electron chi connectivity index (χ2n) is 6.03. The topological polar surface area (TPSA) is 93.7 Å². The molecule has 2 N–H and O–H groups in total. The number of hydrogen-bond acceptors (Lipinski definition) is 5. The van der Waals surface area contributed by atoms with Crippen LogP contribution in [0.4, 0.5) is 14.9 Å². The smallest absolute Gasteiger partial charge is 0.408 e. The van der Waals surface area contributed by atoms with Crippen molar-refractivity contribution in [3.05, 3.63) is 29.1 Å². The lowest BCUT2D eigenvalue weighted by Gasteiger charge is -2.19. The second kappa shape index (κ2) is 7.76. The van der Waals surface area contributed by atoms with Gasteiger partial charge in [-0.05, 0) is 39.8 Å². The molecule has 2 amide bonds. The Kier molecular flexibility index (Phi) is 6.27. The number of esters is 1. The molecule has 0 heterocycles. The molecular weight excluding hydrogens is 319 g/mol. The summed E-state index contributed by atoms with van der Waals surface area (Å²) in [6.07, 6.45) is -0.746. The van der Waals surface area contributed by atoms with Gasteiger partial charge in [-0.15, -0.1) is 0 Å². The molecule has 0 aliphatic rings. The molecule has 1 rings (SSSR count). The van der Waals surface area contributed by atoms with Crippen LogP contribution >= 0.6 is 0 Å². The van der Waals surface area contributed by atoms with Crippen molar-refractivity contribution in [1.29, 1.82) is 0 Å². The maximum Gasteiger partial charge on any atom is 0.408 e. The Bertz CT molecular complexity index is 653. The van der Waals surface area contributed by atoms with E-state index in [2.05, 4.69) is 15.4 Å². The van der Waals surface area contributed by atoms with Gasteiger partial charge in [0.2, 0.25) is 5.91 Å². The number of hydrogen-bond donors (Lipinski definition) is 2. The van der Waals surface area contributed by atoms with Crippen molar-refractivity contribution in [3.8, 4) is 0 Å². The summed E-state index contributed by atoms with van der Waals surface area (Å²) < 4.78 is 23.4. The zero-order valence-corrected chi connectivity index (χ0v) is 14.3. The number of benzene rings is 1. The summed E-state index contributed by atoms with van der Waals surface area (Å²) in [5.74, 6) is -1.98. The lowest BCUT2D eigenvalue weighted by Crippen LogP contribution is -2.37. The molecule has 8 heteroatoms. The molecule has 0 unspecified atom stereocenters. The van der Waals surface area contributed by atoms with Crippen LogP contribution in [0, 0.1) is 12.7 Å². The van der Waals surface area contributed by atoms with Crippen molar-refractivity contribution >= 4 is 23.7 Å². The van der Waals surface area contributed by atoms with E-state index in [0.717, 1.165) is 6.07 Å². The maximum absolute atomic E-state index is 13.8. The predicted octanol–water partition coefficient (Wildman–Crippen LogP) is 2.38. The predicted molar refractivity (Wildman–Crippen MR) is 85.3 cm³/mol. The monoisotopic (exact) mass is 340 g/mol. The fraction of sp³-hybridized carbons (Fsp3) is 0.438. The largest absolute Gasteiger partial charge is 0.465 e. The van der Waals surface area contributed by atoms with E-state index in [9.17, 15) is 18.8 Å². The summed E-state index contributed by atoms with van der Waals surface area (Å²) in [5.41, 5.74) is -0.439. The molecular formula is C16H21FN2O5. The highest BCUT2D eigenvalue weighted by molar-refractivity contribution is 5.97. The first-order valence-corrected chi connectivity index (χ1v) is 7.18. The van der Waals surface area contributed by atoms with Crippen molar-refractivity contribution < 1.29 is 28.2 Å². The average molecular weight is 340 g/mol. The minimum Gasteiger partial charge on any atom is -0.465 e. The second-order valence-corrected chi connectivity index (χ2v) is 6.03. The quantitative estimate of drug-likeness (QED) is 0.821. The van der Waals surface area contributed by atoms with Gasteiger partial charge in [-0.2, -0.15) is 0 Å². The van der Waals surface area contributed by atoms with E-state index in [1.807, 2.05) is 0 Å². The van der Waals surface area contributed by atoms with Crippen molar-refractivity contribution in [1.82, 2.24) is 5.32 Å². The molecule has 0 aliphatic carbocycles. The van der Waals surface area contributed by atoms with E-state index in [4.69, 9.17) is 4.74 Å². The van der Waals surface area contributed by atoms with Gasteiger partial charge in [0.05, 0.1) is 12.7 Å². The van der Waals surface area contributed by atoms with E-state index in [1.165, 1.54) is 20.1 Å². The number of amides is 2. The third kappa shape index (κ3) is 5.86. The van der Waals surface area contributed by atoms with Crippen LogP contribution in [0.25, 0.3) is 0 Å². The number of halogens is 1. The molecule has 0 radical (unpaired) electrons. The molecule has 7 nitrogen and oxygen atoms in total. The van der Waals surface area contributed by atoms with Crippen molar-refractivity contribution in [2.24, 2.45) is 0 Å². The average Bonchev–Trinajstić information content (AvgIpc) is 2.47. The van der Waals surface area contributed by atoms with Crippen LogP contribution in [0.3, 0.4) is 0 Å². The molecule has 0 atom stereocenters. The summed E-state index contributed by atoms with van der Waals surface area (Å²) in [5, 5.41) is 4.71. The van der Waals surface area contributed by atoms with Gasteiger partial charge < -0.3 is 20.1 Å². The van der Waals surface area contributed by atoms with E-state index < -0.39 is 29.4 Å². The number of methoxy groups -OCH3 is 1. The van der Waals surface area contributed by atoms with E-state index in [0.29, 0.717) is 0 Å². The Morgan fingerprint density at radius 2 is 1.83 bits per heavy atom. The van der Waals surface area contributed by atoms with Gasteiger partial charge >= 0.3 is 12.1 Å². The molecule has 24 heavy (non-hydrogen) atoms. The minimum atomic E-state index is -0.746. The Labute approximate surface area is 139 Å². The van der Waals surface area contributed by atoms with E-state index >= 15 is 0 Å². The van der Waals surface area contributed by atoms with Gasteiger partial charge in [-0.3, -0.25) is 4.79 Å².